The molecule has 1 rings (SSSR count). The molecular weight excluding hydrogens is 354 g/mol. The van der Waals surface area contributed by atoms with Crippen LogP contribution in [0.15, 0.2) is 0 Å². The average molecular weight is 374 g/mol. The van der Waals surface area contributed by atoms with Gasteiger partial charge >= 0.3 is 76.4 Å². The fourth-order valence-corrected chi connectivity index (χ4v) is 175. The molecule has 0 bridgehead atoms. The molecule has 0 aliphatic carbocycles. The molecule has 3 heteroatoms. The topological polar surface area (TPSA) is 0 Å². The molecule has 1 fully saturated rings. The molecule has 0 nitrogen and oxygen atoms in total. The Bertz CT molecular complexity index is 118. The maximum absolute atomic E-state index is 2.72. The third-order valence-electron chi connectivity index (χ3n) is 2.33. The van der Waals surface area contributed by atoms with Crippen LogP contribution in [0.5, 0.6) is 0 Å². The third-order valence-corrected chi connectivity index (χ3v) is 123. The van der Waals surface area contributed by atoms with Gasteiger partial charge in [-0.25, -0.2) is 0 Å². The van der Waals surface area contributed by atoms with Gasteiger partial charge in [-0.1, -0.05) is 0 Å². The summed E-state index contributed by atoms with van der Waals surface area (Å²) < 4.78 is 1.75. The molecule has 0 amide bonds. The summed E-state index contributed by atoms with van der Waals surface area (Å²) in [6, 6.07) is 0. The van der Waals surface area contributed by atoms with Gasteiger partial charge in [-0.05, 0) is 0 Å². The van der Waals surface area contributed by atoms with Crippen molar-refractivity contribution < 1.29 is 0 Å². The van der Waals surface area contributed by atoms with Gasteiger partial charge in [-0.15, -0.1) is 0 Å². The van der Waals surface area contributed by atoms with E-state index in [0.717, 1.165) is 0 Å². The molecular formula is C7H20SSn2. The fraction of sp³-hybridized carbons (Fsp3) is 1.00. The van der Waals surface area contributed by atoms with E-state index in [4.69, 9.17) is 0 Å². The van der Waals surface area contributed by atoms with Gasteiger partial charge < -0.3 is 0 Å². The van der Waals surface area contributed by atoms with Gasteiger partial charge in [-0.2, -0.15) is 0 Å². The van der Waals surface area contributed by atoms with Crippen molar-refractivity contribution in [1.29, 1.82) is 0 Å². The predicted molar refractivity (Wildman–Crippen MR) is 59.8 cm³/mol. The van der Waals surface area contributed by atoms with Crippen LogP contribution in [-0.2, 0) is 0 Å². The van der Waals surface area contributed by atoms with E-state index in [1.165, 1.54) is 0 Å². The van der Waals surface area contributed by atoms with Crippen LogP contribution in [0.2, 0.25) is 14.3 Å². The van der Waals surface area contributed by atoms with Gasteiger partial charge in [0, 0.05) is 0 Å². The second-order valence-electron chi connectivity index (χ2n) is 4.88. The Labute approximate surface area is 75.5 Å². The Hall–Kier alpha value is 1.95. The zero-order valence-electron chi connectivity index (χ0n) is 7.74. The minimum atomic E-state index is -1.16. The van der Waals surface area contributed by atoms with Crippen LogP contribution in [0.4, 0.5) is 0 Å². The average Bonchev–Trinajstić information content (AvgIpc) is 1.56. The Morgan fingerprint density at radius 1 is 1.30 bits per heavy atom. The normalized spacial score (nSPS) is 35.6. The molecule has 0 N–H and O–H groups in total. The Kier molecular flexibility index (Phi) is 3.37. The van der Waals surface area contributed by atoms with Crippen molar-refractivity contribution in [2.75, 3.05) is 18.3 Å². The second kappa shape index (κ2) is 3.36. The molecule has 0 aromatic rings. The molecule has 1 heterocycles. The van der Waals surface area contributed by atoms with Crippen LogP contribution in [0.3, 0.4) is 0 Å². The summed E-state index contributed by atoms with van der Waals surface area (Å²) in [6.07, 6.45) is 6.87. The van der Waals surface area contributed by atoms with Crippen molar-refractivity contribution in [3.8, 4) is 0 Å². The van der Waals surface area contributed by atoms with Gasteiger partial charge in [-0.3, -0.25) is 0 Å². The summed E-state index contributed by atoms with van der Waals surface area (Å²) in [5, 5.41) is 0. The Morgan fingerprint density at radius 2 is 1.90 bits per heavy atom. The summed E-state index contributed by atoms with van der Waals surface area (Å²) >= 11 is -1.34. The van der Waals surface area contributed by atoms with E-state index < -0.39 is 14.4 Å². The molecule has 0 unspecified atom stereocenters. The first-order chi connectivity index (χ1) is 4.41. The van der Waals surface area contributed by atoms with E-state index in [0.29, 0.717) is 0 Å². The van der Waals surface area contributed by atoms with Crippen molar-refractivity contribution in [2.45, 2.75) is 20.7 Å². The zero-order chi connectivity index (χ0) is 7.83. The number of rotatable bonds is 0. The van der Waals surface area contributed by atoms with Crippen LogP contribution in [0, 0.1) is 0 Å². The quantitative estimate of drug-likeness (QED) is 0.568. The Morgan fingerprint density at radius 3 is 2.20 bits per heavy atom. The molecule has 1 aliphatic heterocycles. The molecule has 62 valence electrons. The fourth-order valence-electron chi connectivity index (χ4n) is 2.14. The van der Waals surface area contributed by atoms with E-state index in [9.17, 15) is 0 Å². The van der Waals surface area contributed by atoms with Crippen molar-refractivity contribution in [1.82, 2.24) is 0 Å². The van der Waals surface area contributed by atoms with Crippen LogP contribution in [-0.4, -0.2) is 48.5 Å². The molecule has 1 saturated heterocycles. The molecule has 0 atom stereocenters. The van der Waals surface area contributed by atoms with Crippen molar-refractivity contribution in [3.05, 3.63) is 0 Å². The van der Waals surface area contributed by atoms with E-state index in [1.54, 1.807) is 16.6 Å². The Balaban J connectivity index is 2.56. The molecule has 0 spiro atoms. The molecule has 0 aromatic heterocycles. The van der Waals surface area contributed by atoms with Gasteiger partial charge in [0.05, 0.1) is 0 Å². The van der Waals surface area contributed by atoms with E-state index in [1.807, 2.05) is 0 Å². The summed E-state index contributed by atoms with van der Waals surface area (Å²) in [5.74, 6) is 1.66. The zero-order valence-corrected chi connectivity index (χ0v) is 15.4. The van der Waals surface area contributed by atoms with Crippen LogP contribution in [0.25, 0.3) is 0 Å². The van der Waals surface area contributed by atoms with Gasteiger partial charge in [0.25, 0.3) is 0 Å². The van der Waals surface area contributed by atoms with Crippen LogP contribution in [0.1, 0.15) is 6.42 Å². The first-order valence-corrected chi connectivity index (χ1v) is 35.1. The predicted octanol–water partition coefficient (Wildman–Crippen LogP) is 1.74. The maximum atomic E-state index is 2.72. The summed E-state index contributed by atoms with van der Waals surface area (Å²) in [5.41, 5.74) is 0. The number of hydrogen-bond donors (Lipinski definition) is 0. The van der Waals surface area contributed by atoms with Crippen molar-refractivity contribution >= 4 is 37.4 Å². The molecule has 0 saturated carbocycles. The second-order valence-corrected chi connectivity index (χ2v) is 92.0. The third kappa shape index (κ3) is 3.13. The minimum absolute atomic E-state index is 0.113. The monoisotopic (exact) mass is 376 g/mol. The van der Waals surface area contributed by atoms with Gasteiger partial charge in [0.1, 0.15) is 0 Å². The van der Waals surface area contributed by atoms with Gasteiger partial charge in [0.2, 0.25) is 0 Å². The first-order valence-electron chi connectivity index (χ1n) is 4.10. The molecule has 1 aliphatic rings. The van der Waals surface area contributed by atoms with E-state index in [-0.39, 0.29) is 23.0 Å². The molecule has 10 heavy (non-hydrogen) atoms. The molecule has 0 aromatic carbocycles. The summed E-state index contributed by atoms with van der Waals surface area (Å²) in [4.78, 5) is 5.44. The van der Waals surface area contributed by atoms with E-state index in [2.05, 4.69) is 22.4 Å². The summed E-state index contributed by atoms with van der Waals surface area (Å²) in [7, 11) is 0.113. The van der Waals surface area contributed by atoms with Crippen LogP contribution >= 0.6 is 7.21 Å². The van der Waals surface area contributed by atoms with Crippen molar-refractivity contribution in [3.63, 3.8) is 0 Å². The van der Waals surface area contributed by atoms with E-state index >= 15 is 0 Å². The SMILES string of the molecule is C[S]1(C)CC[CH2][Sn]([CH3])([CH3])[SnH2]1. The van der Waals surface area contributed by atoms with Gasteiger partial charge in [0.15, 0.2) is 0 Å². The summed E-state index contributed by atoms with van der Waals surface area (Å²) in [6.45, 7) is 0. The number of hydrogen-bond acceptors (Lipinski definition) is 0. The first kappa shape index (κ1) is 10.0. The standard InChI is InChI=1S/C5H12S.2CH3.2Sn.2H/c1-4-5-6(2)3;;;;;;/h1,4-5H2,2-3H3;2*1H3;;;;/q+1;;;;-1;;. The van der Waals surface area contributed by atoms with Crippen molar-refractivity contribution in [2.24, 2.45) is 0 Å². The van der Waals surface area contributed by atoms with Crippen LogP contribution < -0.4 is 0 Å². The molecule has 0 radical (unpaired) electrons.